The van der Waals surface area contributed by atoms with Crippen LogP contribution in [-0.4, -0.2) is 4.92 Å². The number of ether oxygens (including phenoxy) is 1. The highest BCUT2D eigenvalue weighted by molar-refractivity contribution is 9.10. The smallest absolute Gasteiger partial charge is 0.274 e. The van der Waals surface area contributed by atoms with E-state index in [9.17, 15) is 10.1 Å². The second kappa shape index (κ2) is 6.43. The first-order chi connectivity index (χ1) is 9.49. The van der Waals surface area contributed by atoms with Gasteiger partial charge in [-0.25, -0.2) is 0 Å². The maximum Gasteiger partial charge on any atom is 0.274 e. The first-order valence-electron chi connectivity index (χ1n) is 5.47. The van der Waals surface area contributed by atoms with Gasteiger partial charge < -0.3 is 4.74 Å². The minimum atomic E-state index is -0.490. The Hall–Kier alpha value is -1.30. The van der Waals surface area contributed by atoms with Gasteiger partial charge in [0.25, 0.3) is 5.69 Å². The molecule has 0 saturated carbocycles. The Bertz CT molecular complexity index is 664. The molecule has 4 nitrogen and oxygen atoms in total. The fourth-order valence-electron chi connectivity index (χ4n) is 1.55. The van der Waals surface area contributed by atoms with Crippen LogP contribution in [0.3, 0.4) is 0 Å². The van der Waals surface area contributed by atoms with Gasteiger partial charge in [-0.1, -0.05) is 33.6 Å². The van der Waals surface area contributed by atoms with E-state index < -0.39 is 4.92 Å². The van der Waals surface area contributed by atoms with Crippen LogP contribution < -0.4 is 4.74 Å². The number of hydrogen-bond acceptors (Lipinski definition) is 3. The third-order valence-electron chi connectivity index (χ3n) is 2.45. The molecule has 0 N–H and O–H groups in total. The maximum absolute atomic E-state index is 10.8. The van der Waals surface area contributed by atoms with E-state index in [4.69, 9.17) is 27.9 Å². The molecule has 7 heteroatoms. The highest BCUT2D eigenvalue weighted by Crippen LogP contribution is 2.33. The average Bonchev–Trinajstić information content (AvgIpc) is 2.40. The molecule has 0 bridgehead atoms. The van der Waals surface area contributed by atoms with Gasteiger partial charge in [0.05, 0.1) is 16.0 Å². The Kier molecular flexibility index (Phi) is 4.86. The zero-order valence-electron chi connectivity index (χ0n) is 9.98. The van der Waals surface area contributed by atoms with Crippen molar-refractivity contribution in [1.82, 2.24) is 0 Å². The molecule has 0 aliphatic rings. The molecule has 0 saturated heterocycles. The Morgan fingerprint density at radius 1 is 1.25 bits per heavy atom. The maximum atomic E-state index is 10.8. The second-order valence-electron chi connectivity index (χ2n) is 3.90. The fraction of sp³-hybridized carbons (Fsp3) is 0.0769. The van der Waals surface area contributed by atoms with Crippen LogP contribution in [0.15, 0.2) is 40.9 Å². The lowest BCUT2D eigenvalue weighted by Gasteiger charge is -2.09. The highest BCUT2D eigenvalue weighted by atomic mass is 79.9. The standard InChI is InChI=1S/C13H8BrCl2NO3/c14-9-4-10(17(18)19)6-11(5-9)20-13-2-1-8(7-15)3-12(13)16/h1-6H,7H2. The number of benzene rings is 2. The molecule has 0 aliphatic heterocycles. The summed E-state index contributed by atoms with van der Waals surface area (Å²) in [6.45, 7) is 0. The summed E-state index contributed by atoms with van der Waals surface area (Å²) in [5.41, 5.74) is 0.798. The quantitative estimate of drug-likeness (QED) is 0.399. The Morgan fingerprint density at radius 3 is 2.60 bits per heavy atom. The number of nitro benzene ring substituents is 1. The van der Waals surface area contributed by atoms with Crippen LogP contribution in [0.1, 0.15) is 5.56 Å². The Balaban J connectivity index is 2.32. The van der Waals surface area contributed by atoms with E-state index in [1.165, 1.54) is 12.1 Å². The molecule has 2 rings (SSSR count). The van der Waals surface area contributed by atoms with E-state index in [0.29, 0.717) is 26.9 Å². The summed E-state index contributed by atoms with van der Waals surface area (Å²) >= 11 is 15.0. The molecule has 0 spiro atoms. The van der Waals surface area contributed by atoms with Crippen LogP contribution >= 0.6 is 39.1 Å². The van der Waals surface area contributed by atoms with Gasteiger partial charge in [0.1, 0.15) is 11.5 Å². The van der Waals surface area contributed by atoms with Gasteiger partial charge in [0.15, 0.2) is 0 Å². The first kappa shape index (κ1) is 15.1. The molecule has 0 heterocycles. The molecule has 0 aliphatic carbocycles. The number of nitrogens with zero attached hydrogens (tertiary/aromatic N) is 1. The summed E-state index contributed by atoms with van der Waals surface area (Å²) in [5.74, 6) is 1.09. The third kappa shape index (κ3) is 3.62. The van der Waals surface area contributed by atoms with Crippen molar-refractivity contribution in [3.05, 3.63) is 61.6 Å². The summed E-state index contributed by atoms with van der Waals surface area (Å²) in [6, 6.07) is 9.49. The summed E-state index contributed by atoms with van der Waals surface area (Å²) in [5, 5.41) is 11.2. The molecule has 0 aromatic heterocycles. The molecular formula is C13H8BrCl2NO3. The van der Waals surface area contributed by atoms with Crippen molar-refractivity contribution >= 4 is 44.8 Å². The van der Waals surface area contributed by atoms with Crippen LogP contribution in [-0.2, 0) is 5.88 Å². The van der Waals surface area contributed by atoms with E-state index in [2.05, 4.69) is 15.9 Å². The molecule has 0 fully saturated rings. The molecule has 0 amide bonds. The van der Waals surface area contributed by atoms with E-state index >= 15 is 0 Å². The Morgan fingerprint density at radius 2 is 2.00 bits per heavy atom. The molecule has 0 radical (unpaired) electrons. The molecule has 104 valence electrons. The summed E-state index contributed by atoms with van der Waals surface area (Å²) < 4.78 is 6.12. The van der Waals surface area contributed by atoms with Crippen LogP contribution in [0.25, 0.3) is 0 Å². The van der Waals surface area contributed by atoms with E-state index in [-0.39, 0.29) is 5.69 Å². The van der Waals surface area contributed by atoms with Crippen molar-refractivity contribution in [2.75, 3.05) is 0 Å². The third-order valence-corrected chi connectivity index (χ3v) is 3.51. The van der Waals surface area contributed by atoms with E-state index in [1.807, 2.05) is 0 Å². The van der Waals surface area contributed by atoms with Crippen LogP contribution in [0, 0.1) is 10.1 Å². The van der Waals surface area contributed by atoms with Crippen molar-refractivity contribution in [2.24, 2.45) is 0 Å². The monoisotopic (exact) mass is 375 g/mol. The molecule has 0 unspecified atom stereocenters. The minimum Gasteiger partial charge on any atom is -0.456 e. The lowest BCUT2D eigenvalue weighted by molar-refractivity contribution is -0.385. The number of nitro groups is 1. The lowest BCUT2D eigenvalue weighted by atomic mass is 10.2. The number of non-ortho nitro benzene ring substituents is 1. The zero-order valence-corrected chi connectivity index (χ0v) is 13.1. The average molecular weight is 377 g/mol. The fourth-order valence-corrected chi connectivity index (χ4v) is 2.42. The van der Waals surface area contributed by atoms with E-state index in [0.717, 1.165) is 5.56 Å². The van der Waals surface area contributed by atoms with Crippen molar-refractivity contribution in [1.29, 1.82) is 0 Å². The van der Waals surface area contributed by atoms with Crippen molar-refractivity contribution in [3.8, 4) is 11.5 Å². The van der Waals surface area contributed by atoms with E-state index in [1.54, 1.807) is 24.3 Å². The van der Waals surface area contributed by atoms with Crippen molar-refractivity contribution in [3.63, 3.8) is 0 Å². The van der Waals surface area contributed by atoms with Crippen LogP contribution in [0.4, 0.5) is 5.69 Å². The van der Waals surface area contributed by atoms with Crippen LogP contribution in [0.5, 0.6) is 11.5 Å². The van der Waals surface area contributed by atoms with Gasteiger partial charge in [0.2, 0.25) is 0 Å². The molecule has 20 heavy (non-hydrogen) atoms. The van der Waals surface area contributed by atoms with Gasteiger partial charge >= 0.3 is 0 Å². The minimum absolute atomic E-state index is 0.0668. The normalized spacial score (nSPS) is 10.3. The summed E-state index contributed by atoms with van der Waals surface area (Å²) in [4.78, 5) is 10.3. The largest absolute Gasteiger partial charge is 0.456 e. The number of halogens is 3. The predicted molar refractivity (Wildman–Crippen MR) is 81.9 cm³/mol. The van der Waals surface area contributed by atoms with Crippen LogP contribution in [0.2, 0.25) is 5.02 Å². The summed E-state index contributed by atoms with van der Waals surface area (Å²) in [6.07, 6.45) is 0. The molecule has 0 atom stereocenters. The molecular weight excluding hydrogens is 369 g/mol. The van der Waals surface area contributed by atoms with Crippen molar-refractivity contribution in [2.45, 2.75) is 5.88 Å². The topological polar surface area (TPSA) is 52.4 Å². The highest BCUT2D eigenvalue weighted by Gasteiger charge is 2.11. The number of alkyl halides is 1. The first-order valence-corrected chi connectivity index (χ1v) is 7.17. The SMILES string of the molecule is O=[N+]([O-])c1cc(Br)cc(Oc2ccc(CCl)cc2Cl)c1. The molecule has 2 aromatic rings. The summed E-state index contributed by atoms with van der Waals surface area (Å²) in [7, 11) is 0. The predicted octanol–water partition coefficient (Wildman–Crippen LogP) is 5.54. The van der Waals surface area contributed by atoms with Gasteiger partial charge in [-0.3, -0.25) is 10.1 Å². The Labute approximate surface area is 133 Å². The lowest BCUT2D eigenvalue weighted by Crippen LogP contribution is -1.91. The second-order valence-corrected chi connectivity index (χ2v) is 5.49. The molecule has 2 aromatic carbocycles. The van der Waals surface area contributed by atoms with Gasteiger partial charge in [-0.2, -0.15) is 0 Å². The van der Waals surface area contributed by atoms with Crippen molar-refractivity contribution < 1.29 is 9.66 Å². The van der Waals surface area contributed by atoms with Gasteiger partial charge in [-0.05, 0) is 23.8 Å². The van der Waals surface area contributed by atoms with Gasteiger partial charge in [0, 0.05) is 16.4 Å². The number of hydrogen-bond donors (Lipinski definition) is 0. The number of rotatable bonds is 4. The zero-order chi connectivity index (χ0) is 14.7. The van der Waals surface area contributed by atoms with Gasteiger partial charge in [-0.15, -0.1) is 11.6 Å².